The molecular weight excluding hydrogens is 248 g/mol. The van der Waals surface area contributed by atoms with E-state index in [-0.39, 0.29) is 0 Å². The minimum Gasteiger partial charge on any atom is -0.397 e. The van der Waals surface area contributed by atoms with Crippen LogP contribution < -0.4 is 16.8 Å². The summed E-state index contributed by atoms with van der Waals surface area (Å²) >= 11 is 1.67. The number of rotatable bonds is 5. The summed E-state index contributed by atoms with van der Waals surface area (Å²) in [6.07, 6.45) is 2.34. The van der Waals surface area contributed by atoms with Crippen LogP contribution in [0, 0.1) is 0 Å². The molecule has 2 aromatic heterocycles. The molecule has 0 saturated carbocycles. The van der Waals surface area contributed by atoms with Crippen LogP contribution in [0.4, 0.5) is 11.5 Å². The fraction of sp³-hybridized carbons (Fsp3) is 0.167. The minimum absolute atomic E-state index is 0.294. The molecule has 0 aliphatic carbocycles. The smallest absolute Gasteiger partial charge is 0.250 e. The number of thiophene rings is 1. The summed E-state index contributed by atoms with van der Waals surface area (Å²) in [6, 6.07) is 3.66. The summed E-state index contributed by atoms with van der Waals surface area (Å²) in [5.41, 5.74) is 12.7. The molecule has 0 saturated heterocycles. The molecule has 0 fully saturated rings. The van der Waals surface area contributed by atoms with Crippen molar-refractivity contribution in [3.63, 3.8) is 0 Å². The van der Waals surface area contributed by atoms with E-state index in [0.29, 0.717) is 17.1 Å². The Morgan fingerprint density at radius 2 is 2.33 bits per heavy atom. The van der Waals surface area contributed by atoms with Crippen LogP contribution in [-0.4, -0.2) is 17.4 Å². The maximum Gasteiger partial charge on any atom is 0.250 e. The molecule has 6 heteroatoms. The van der Waals surface area contributed by atoms with E-state index in [4.69, 9.17) is 11.5 Å². The molecule has 5 N–H and O–H groups in total. The largest absolute Gasteiger partial charge is 0.397 e. The monoisotopic (exact) mass is 262 g/mol. The first-order valence-corrected chi connectivity index (χ1v) is 6.41. The number of amides is 1. The van der Waals surface area contributed by atoms with Crippen LogP contribution in [0.15, 0.2) is 29.1 Å². The maximum absolute atomic E-state index is 11.1. The van der Waals surface area contributed by atoms with Gasteiger partial charge in [-0.2, -0.15) is 11.3 Å². The summed E-state index contributed by atoms with van der Waals surface area (Å²) in [7, 11) is 0. The van der Waals surface area contributed by atoms with Gasteiger partial charge in [0.05, 0.1) is 17.4 Å². The number of aromatic nitrogens is 1. The Hall–Kier alpha value is -2.08. The van der Waals surface area contributed by atoms with Crippen molar-refractivity contribution >= 4 is 28.7 Å². The van der Waals surface area contributed by atoms with Gasteiger partial charge in [-0.15, -0.1) is 0 Å². The number of anilines is 2. The molecule has 0 aromatic carbocycles. The fourth-order valence-electron chi connectivity index (χ4n) is 1.55. The fourth-order valence-corrected chi connectivity index (χ4v) is 2.25. The van der Waals surface area contributed by atoms with Gasteiger partial charge in [0.2, 0.25) is 0 Å². The molecule has 0 spiro atoms. The second kappa shape index (κ2) is 5.50. The van der Waals surface area contributed by atoms with E-state index in [1.807, 2.05) is 5.38 Å². The number of pyridine rings is 1. The van der Waals surface area contributed by atoms with Gasteiger partial charge in [0.25, 0.3) is 5.91 Å². The van der Waals surface area contributed by atoms with Gasteiger partial charge in [-0.1, -0.05) is 0 Å². The number of hydrogen-bond donors (Lipinski definition) is 3. The van der Waals surface area contributed by atoms with Crippen LogP contribution in [-0.2, 0) is 6.42 Å². The first-order chi connectivity index (χ1) is 8.66. The summed E-state index contributed by atoms with van der Waals surface area (Å²) in [6.45, 7) is 0.742. The highest BCUT2D eigenvalue weighted by Crippen LogP contribution is 2.14. The zero-order valence-corrected chi connectivity index (χ0v) is 10.5. The highest BCUT2D eigenvalue weighted by atomic mass is 32.1. The molecule has 2 aromatic rings. The van der Waals surface area contributed by atoms with E-state index in [9.17, 15) is 4.79 Å². The normalized spacial score (nSPS) is 10.2. The maximum atomic E-state index is 11.1. The number of nitrogens with two attached hydrogens (primary N) is 2. The topological polar surface area (TPSA) is 94.0 Å². The van der Waals surface area contributed by atoms with Crippen LogP contribution >= 0.6 is 11.3 Å². The molecule has 0 atom stereocenters. The van der Waals surface area contributed by atoms with Gasteiger partial charge in [-0.25, -0.2) is 4.98 Å². The first-order valence-electron chi connectivity index (χ1n) is 5.47. The van der Waals surface area contributed by atoms with Crippen LogP contribution in [0.2, 0.25) is 0 Å². The van der Waals surface area contributed by atoms with Gasteiger partial charge in [-0.3, -0.25) is 4.79 Å². The van der Waals surface area contributed by atoms with Gasteiger partial charge in [0, 0.05) is 6.54 Å². The number of carbonyl (C=O) groups excluding carboxylic acids is 1. The summed E-state index contributed by atoms with van der Waals surface area (Å²) < 4.78 is 0. The van der Waals surface area contributed by atoms with Gasteiger partial charge >= 0.3 is 0 Å². The number of nitrogen functional groups attached to an aromatic ring is 1. The molecule has 1 amide bonds. The minimum atomic E-state index is -0.546. The predicted molar refractivity (Wildman–Crippen MR) is 73.7 cm³/mol. The van der Waals surface area contributed by atoms with Crippen molar-refractivity contribution in [2.75, 3.05) is 17.6 Å². The van der Waals surface area contributed by atoms with E-state index in [1.165, 1.54) is 11.8 Å². The van der Waals surface area contributed by atoms with Crippen LogP contribution in [0.25, 0.3) is 0 Å². The number of hydrogen-bond acceptors (Lipinski definition) is 5. The van der Waals surface area contributed by atoms with E-state index in [0.717, 1.165) is 13.0 Å². The van der Waals surface area contributed by atoms with E-state index >= 15 is 0 Å². The van der Waals surface area contributed by atoms with Gasteiger partial charge in [-0.05, 0) is 34.9 Å². The Bertz CT molecular complexity index is 539. The van der Waals surface area contributed by atoms with Crippen molar-refractivity contribution < 1.29 is 4.79 Å². The van der Waals surface area contributed by atoms with Crippen LogP contribution in [0.3, 0.4) is 0 Å². The molecule has 0 aliphatic heterocycles. The van der Waals surface area contributed by atoms with E-state index < -0.39 is 5.91 Å². The summed E-state index contributed by atoms with van der Waals surface area (Å²) in [5.74, 6) is 0.0593. The zero-order chi connectivity index (χ0) is 13.0. The lowest BCUT2D eigenvalue weighted by Gasteiger charge is -2.07. The van der Waals surface area contributed by atoms with Gasteiger partial charge in [0.15, 0.2) is 0 Å². The highest BCUT2D eigenvalue weighted by molar-refractivity contribution is 7.07. The lowest BCUT2D eigenvalue weighted by atomic mass is 10.2. The van der Waals surface area contributed by atoms with Crippen molar-refractivity contribution in [3.05, 3.63) is 40.2 Å². The SMILES string of the molecule is NC(=O)c1cc(NCCc2ccsc2)ncc1N. The number of carbonyl (C=O) groups is 1. The van der Waals surface area contributed by atoms with Crippen molar-refractivity contribution in [1.82, 2.24) is 4.98 Å². The standard InChI is InChI=1S/C12H14N4OS/c13-10-6-16-11(5-9(10)12(14)17)15-3-1-8-2-4-18-7-8/h2,4-7H,1,3,13H2,(H2,14,17)(H,15,16). The summed E-state index contributed by atoms with van der Waals surface area (Å²) in [4.78, 5) is 15.2. The van der Waals surface area contributed by atoms with Crippen molar-refractivity contribution in [3.8, 4) is 0 Å². The number of nitrogens with zero attached hydrogens (tertiary/aromatic N) is 1. The number of nitrogens with one attached hydrogen (secondary N) is 1. The molecule has 0 unspecified atom stereocenters. The Labute approximate surface area is 109 Å². The molecular formula is C12H14N4OS. The molecule has 0 aliphatic rings. The zero-order valence-electron chi connectivity index (χ0n) is 9.72. The number of primary amides is 1. The second-order valence-corrected chi connectivity index (χ2v) is 4.61. The third-order valence-electron chi connectivity index (χ3n) is 2.50. The Morgan fingerprint density at radius 3 is 3.00 bits per heavy atom. The van der Waals surface area contributed by atoms with Crippen molar-refractivity contribution in [2.45, 2.75) is 6.42 Å². The Morgan fingerprint density at radius 1 is 1.50 bits per heavy atom. The van der Waals surface area contributed by atoms with E-state index in [2.05, 4.69) is 21.7 Å². The molecule has 0 bridgehead atoms. The van der Waals surface area contributed by atoms with Gasteiger partial charge < -0.3 is 16.8 Å². The second-order valence-electron chi connectivity index (χ2n) is 3.83. The summed E-state index contributed by atoms with van der Waals surface area (Å²) in [5, 5.41) is 7.28. The van der Waals surface area contributed by atoms with E-state index in [1.54, 1.807) is 17.4 Å². The Kier molecular flexibility index (Phi) is 3.78. The van der Waals surface area contributed by atoms with Crippen LogP contribution in [0.1, 0.15) is 15.9 Å². The molecule has 2 rings (SSSR count). The average Bonchev–Trinajstić information content (AvgIpc) is 2.84. The molecule has 94 valence electrons. The average molecular weight is 262 g/mol. The Balaban J connectivity index is 1.97. The van der Waals surface area contributed by atoms with Crippen molar-refractivity contribution in [2.24, 2.45) is 5.73 Å². The highest BCUT2D eigenvalue weighted by Gasteiger charge is 2.07. The molecule has 5 nitrogen and oxygen atoms in total. The first kappa shape index (κ1) is 12.4. The third-order valence-corrected chi connectivity index (χ3v) is 3.23. The molecule has 2 heterocycles. The van der Waals surface area contributed by atoms with Crippen molar-refractivity contribution in [1.29, 1.82) is 0 Å². The molecule has 18 heavy (non-hydrogen) atoms. The lowest BCUT2D eigenvalue weighted by molar-refractivity contribution is 0.100. The van der Waals surface area contributed by atoms with Crippen LogP contribution in [0.5, 0.6) is 0 Å². The third kappa shape index (κ3) is 2.98. The quantitative estimate of drug-likeness (QED) is 0.760. The molecule has 0 radical (unpaired) electrons. The predicted octanol–water partition coefficient (Wildman–Crippen LogP) is 1.48. The lowest BCUT2D eigenvalue weighted by Crippen LogP contribution is -2.15. The van der Waals surface area contributed by atoms with Gasteiger partial charge in [0.1, 0.15) is 5.82 Å².